The molecule has 7 rings (SSSR count). The summed E-state index contributed by atoms with van der Waals surface area (Å²) in [6, 6.07) is 40.1. The summed E-state index contributed by atoms with van der Waals surface area (Å²) in [7, 11) is 0. The standard InChI is InChI=1S/C41H42N4O6/c1-29-43-40-37(41(46)44-29)45(28-42-40)36-22-34(48-24-31-16-8-3-9-17-31)38(49-25-32-18-10-4-11-19-32)39(50-26-33-20-12-5-13-21-33)35(51-36)27-47-23-30-14-6-2-7-15-30/h2-21,28,34-36,38-39H,22-27H2,1H3,(H,43,44,46)/t34-,35+,36?,38+,39+/m0/s1. The first-order valence-electron chi connectivity index (χ1n) is 17.3. The monoisotopic (exact) mass is 686 g/mol. The van der Waals surface area contributed by atoms with Crippen molar-refractivity contribution in [1.29, 1.82) is 0 Å². The van der Waals surface area contributed by atoms with E-state index in [1.807, 2.05) is 121 Å². The average molecular weight is 687 g/mol. The van der Waals surface area contributed by atoms with E-state index in [1.165, 1.54) is 0 Å². The highest BCUT2D eigenvalue weighted by Gasteiger charge is 2.45. The largest absolute Gasteiger partial charge is 0.374 e. The van der Waals surface area contributed by atoms with Crippen LogP contribution in [0.3, 0.4) is 0 Å². The van der Waals surface area contributed by atoms with Crippen LogP contribution in [0.25, 0.3) is 11.2 Å². The highest BCUT2D eigenvalue weighted by molar-refractivity contribution is 5.69. The van der Waals surface area contributed by atoms with E-state index < -0.39 is 30.6 Å². The number of aryl methyl sites for hydroxylation is 1. The lowest BCUT2D eigenvalue weighted by molar-refractivity contribution is -0.184. The fraction of sp³-hybridized carbons (Fsp3) is 0.293. The number of ether oxygens (including phenoxy) is 5. The van der Waals surface area contributed by atoms with Crippen molar-refractivity contribution in [2.24, 2.45) is 0 Å². The third-order valence-electron chi connectivity index (χ3n) is 8.96. The Balaban J connectivity index is 1.28. The van der Waals surface area contributed by atoms with Crippen molar-refractivity contribution in [3.63, 3.8) is 0 Å². The first-order chi connectivity index (χ1) is 25.1. The number of H-pyrrole nitrogens is 1. The van der Waals surface area contributed by atoms with Gasteiger partial charge < -0.3 is 28.7 Å². The molecule has 1 aliphatic rings. The Bertz CT molecular complexity index is 2010. The van der Waals surface area contributed by atoms with Gasteiger partial charge >= 0.3 is 0 Å². The zero-order chi connectivity index (χ0) is 34.8. The van der Waals surface area contributed by atoms with Crippen molar-refractivity contribution in [1.82, 2.24) is 19.5 Å². The second-order valence-corrected chi connectivity index (χ2v) is 12.7. The van der Waals surface area contributed by atoms with Crippen LogP contribution in [-0.4, -0.2) is 50.5 Å². The molecule has 3 heterocycles. The zero-order valence-corrected chi connectivity index (χ0v) is 28.5. The predicted molar refractivity (Wildman–Crippen MR) is 193 cm³/mol. The van der Waals surface area contributed by atoms with E-state index in [1.54, 1.807) is 17.8 Å². The Morgan fingerprint density at radius 1 is 0.706 bits per heavy atom. The third-order valence-corrected chi connectivity index (χ3v) is 8.96. The number of nitrogens with one attached hydrogen (secondary N) is 1. The van der Waals surface area contributed by atoms with Gasteiger partial charge in [-0.15, -0.1) is 0 Å². The number of benzene rings is 4. The number of rotatable bonds is 14. The molecular weight excluding hydrogens is 644 g/mol. The van der Waals surface area contributed by atoms with Gasteiger partial charge in [0.05, 0.1) is 45.5 Å². The van der Waals surface area contributed by atoms with Crippen LogP contribution in [0.2, 0.25) is 0 Å². The highest BCUT2D eigenvalue weighted by atomic mass is 16.6. The Hall–Kier alpha value is -4.97. The molecule has 5 atom stereocenters. The summed E-state index contributed by atoms with van der Waals surface area (Å²) in [4.78, 5) is 25.1. The maximum atomic E-state index is 13.3. The second-order valence-electron chi connectivity index (χ2n) is 12.7. The second kappa shape index (κ2) is 16.8. The van der Waals surface area contributed by atoms with Crippen LogP contribution < -0.4 is 5.56 Å². The number of aromatic amines is 1. The number of hydrogen-bond acceptors (Lipinski definition) is 8. The molecule has 2 aromatic heterocycles. The SMILES string of the molecule is Cc1nc2ncn(C3C[C@H](OCc4ccccc4)[C@@H](OCc4ccccc4)[C@H](OCc4ccccc4)[C@@H](COCc4ccccc4)O3)c2c(=O)[nH]1. The van der Waals surface area contributed by atoms with Crippen molar-refractivity contribution in [3.8, 4) is 0 Å². The summed E-state index contributed by atoms with van der Waals surface area (Å²) in [5.41, 5.74) is 4.47. The van der Waals surface area contributed by atoms with Crippen LogP contribution in [-0.2, 0) is 50.1 Å². The van der Waals surface area contributed by atoms with Crippen LogP contribution in [0, 0.1) is 6.92 Å². The van der Waals surface area contributed by atoms with Crippen LogP contribution in [0.5, 0.6) is 0 Å². The third kappa shape index (κ3) is 8.86. The highest BCUT2D eigenvalue weighted by Crippen LogP contribution is 2.34. The van der Waals surface area contributed by atoms with Gasteiger partial charge in [0.15, 0.2) is 11.2 Å². The van der Waals surface area contributed by atoms with Gasteiger partial charge in [0, 0.05) is 6.42 Å². The number of nitrogens with zero attached hydrogens (tertiary/aromatic N) is 3. The molecule has 262 valence electrons. The van der Waals surface area contributed by atoms with E-state index in [2.05, 4.69) is 15.0 Å². The van der Waals surface area contributed by atoms with E-state index >= 15 is 0 Å². The Labute approximate surface area is 297 Å². The number of hydrogen-bond donors (Lipinski definition) is 1. The molecule has 1 saturated heterocycles. The lowest BCUT2D eigenvalue weighted by Gasteiger charge is -2.34. The summed E-state index contributed by atoms with van der Waals surface area (Å²) >= 11 is 0. The maximum absolute atomic E-state index is 13.3. The van der Waals surface area contributed by atoms with Gasteiger partial charge in [0.25, 0.3) is 5.56 Å². The van der Waals surface area contributed by atoms with E-state index in [4.69, 9.17) is 23.7 Å². The van der Waals surface area contributed by atoms with Gasteiger partial charge in [0.1, 0.15) is 30.4 Å². The van der Waals surface area contributed by atoms with E-state index in [-0.39, 0.29) is 12.2 Å². The molecule has 1 unspecified atom stereocenters. The molecule has 1 fully saturated rings. The minimum Gasteiger partial charge on any atom is -0.374 e. The smallest absolute Gasteiger partial charge is 0.277 e. The van der Waals surface area contributed by atoms with Gasteiger partial charge in [0.2, 0.25) is 0 Å². The molecule has 6 aromatic rings. The molecule has 0 bridgehead atoms. The minimum atomic E-state index is -0.681. The summed E-state index contributed by atoms with van der Waals surface area (Å²) < 4.78 is 35.5. The first-order valence-corrected chi connectivity index (χ1v) is 17.3. The quantitative estimate of drug-likeness (QED) is 0.135. The minimum absolute atomic E-state index is 0.196. The van der Waals surface area contributed by atoms with Crippen molar-refractivity contribution in [3.05, 3.63) is 166 Å². The maximum Gasteiger partial charge on any atom is 0.277 e. The van der Waals surface area contributed by atoms with Gasteiger partial charge in [-0.2, -0.15) is 0 Å². The van der Waals surface area contributed by atoms with Crippen molar-refractivity contribution in [2.75, 3.05) is 6.61 Å². The number of fused-ring (bicyclic) bond motifs is 1. The molecule has 1 aliphatic heterocycles. The van der Waals surface area contributed by atoms with E-state index in [0.29, 0.717) is 49.8 Å². The van der Waals surface area contributed by atoms with Crippen molar-refractivity contribution >= 4 is 11.2 Å². The van der Waals surface area contributed by atoms with Crippen LogP contribution in [0.15, 0.2) is 132 Å². The van der Waals surface area contributed by atoms with Crippen molar-refractivity contribution < 1.29 is 23.7 Å². The van der Waals surface area contributed by atoms with E-state index in [9.17, 15) is 4.79 Å². The molecule has 10 heteroatoms. The number of imidazole rings is 1. The Kier molecular flexibility index (Phi) is 11.4. The van der Waals surface area contributed by atoms with Crippen LogP contribution in [0.1, 0.15) is 40.7 Å². The molecule has 10 nitrogen and oxygen atoms in total. The summed E-state index contributed by atoms with van der Waals surface area (Å²) in [6.45, 7) is 3.32. The lowest BCUT2D eigenvalue weighted by atomic mass is 10.0. The van der Waals surface area contributed by atoms with Gasteiger partial charge in [-0.25, -0.2) is 9.97 Å². The van der Waals surface area contributed by atoms with Gasteiger partial charge in [-0.05, 0) is 29.2 Å². The molecule has 0 aliphatic carbocycles. The fourth-order valence-electron chi connectivity index (χ4n) is 6.43. The molecule has 51 heavy (non-hydrogen) atoms. The summed E-state index contributed by atoms with van der Waals surface area (Å²) in [5.74, 6) is 0.486. The molecule has 0 radical (unpaired) electrons. The molecule has 0 saturated carbocycles. The summed E-state index contributed by atoms with van der Waals surface area (Å²) in [5, 5.41) is 0. The average Bonchev–Trinajstić information content (AvgIpc) is 3.53. The van der Waals surface area contributed by atoms with Gasteiger partial charge in [-0.1, -0.05) is 121 Å². The molecule has 0 spiro atoms. The lowest BCUT2D eigenvalue weighted by Crippen LogP contribution is -2.48. The molecular formula is C41H42N4O6. The Morgan fingerprint density at radius 2 is 1.22 bits per heavy atom. The van der Waals surface area contributed by atoms with Crippen LogP contribution in [0.4, 0.5) is 0 Å². The predicted octanol–water partition coefficient (Wildman–Crippen LogP) is 6.69. The first kappa shape index (κ1) is 34.5. The van der Waals surface area contributed by atoms with Gasteiger partial charge in [-0.3, -0.25) is 9.36 Å². The summed E-state index contributed by atoms with van der Waals surface area (Å²) in [6.07, 6.45) is -1.08. The van der Waals surface area contributed by atoms with Crippen molar-refractivity contribution in [2.45, 2.75) is 70.4 Å². The zero-order valence-electron chi connectivity index (χ0n) is 28.5. The Morgan fingerprint density at radius 3 is 1.78 bits per heavy atom. The molecule has 1 N–H and O–H groups in total. The normalized spacial score (nSPS) is 20.7. The number of aromatic nitrogens is 4. The fourth-order valence-corrected chi connectivity index (χ4v) is 6.43. The molecule has 4 aromatic carbocycles. The van der Waals surface area contributed by atoms with E-state index in [0.717, 1.165) is 22.3 Å². The molecule has 0 amide bonds. The van der Waals surface area contributed by atoms with Crippen LogP contribution >= 0.6 is 0 Å². The topological polar surface area (TPSA) is 110 Å².